The van der Waals surface area contributed by atoms with Gasteiger partial charge in [0.1, 0.15) is 28.6 Å². The molecule has 0 amide bonds. The molecule has 6 rings (SSSR count). The van der Waals surface area contributed by atoms with E-state index < -0.39 is 17.2 Å². The molecule has 0 radical (unpaired) electrons. The summed E-state index contributed by atoms with van der Waals surface area (Å²) >= 11 is 1.51. The number of carboxylic acids is 1. The van der Waals surface area contributed by atoms with Crippen molar-refractivity contribution in [3.63, 3.8) is 0 Å². The number of carboxylic acid groups (broad SMARTS) is 1. The molecule has 36 heavy (non-hydrogen) atoms. The summed E-state index contributed by atoms with van der Waals surface area (Å²) in [5.74, 6) is -1.10. The molecule has 1 unspecified atom stereocenters. The summed E-state index contributed by atoms with van der Waals surface area (Å²) in [6, 6.07) is 2.74. The number of piperazine rings is 1. The molecular weight excluding hydrogens is 487 g/mol. The first-order chi connectivity index (χ1) is 17.4. The fourth-order valence-electron chi connectivity index (χ4n) is 4.76. The van der Waals surface area contributed by atoms with Crippen molar-refractivity contribution in [3.05, 3.63) is 57.7 Å². The molecule has 2 aliphatic rings. The van der Waals surface area contributed by atoms with E-state index in [4.69, 9.17) is 4.74 Å². The number of halogens is 1. The van der Waals surface area contributed by atoms with Crippen LogP contribution in [-0.2, 0) is 0 Å². The van der Waals surface area contributed by atoms with Crippen LogP contribution in [0.2, 0.25) is 0 Å². The Bertz CT molecular complexity index is 1550. The molecule has 1 aromatic carbocycles. The smallest absolute Gasteiger partial charge is 0.341 e. The molecule has 1 saturated heterocycles. The van der Waals surface area contributed by atoms with E-state index in [0.29, 0.717) is 37.6 Å². The van der Waals surface area contributed by atoms with Gasteiger partial charge in [0.15, 0.2) is 11.6 Å². The lowest BCUT2D eigenvalue weighted by atomic mass is 10.1. The van der Waals surface area contributed by atoms with E-state index in [1.54, 1.807) is 17.0 Å². The summed E-state index contributed by atoms with van der Waals surface area (Å²) in [5, 5.41) is 12.2. The van der Waals surface area contributed by atoms with Crippen LogP contribution in [0.3, 0.4) is 0 Å². The van der Waals surface area contributed by atoms with E-state index in [0.717, 1.165) is 16.8 Å². The van der Waals surface area contributed by atoms with Crippen LogP contribution in [0.1, 0.15) is 23.3 Å². The van der Waals surface area contributed by atoms with Crippen molar-refractivity contribution < 1.29 is 19.0 Å². The standard InChI is InChI=1S/C24H21FN6O4S/c1-13-12-35-21-18-14(20(32)15(23(33)34)11-31(13)18)10-16(25)19(21)29-5-7-30(8-6-29)24-27-3-2-17(28-24)22-26-4-9-36-22/h2-4,9-11,13H,5-8,12H2,1H3,(H,33,34). The summed E-state index contributed by atoms with van der Waals surface area (Å²) in [6.07, 6.45) is 4.77. The number of aromatic carboxylic acids is 1. The van der Waals surface area contributed by atoms with Gasteiger partial charge in [0, 0.05) is 50.1 Å². The van der Waals surface area contributed by atoms with Crippen molar-refractivity contribution in [2.75, 3.05) is 42.6 Å². The number of aromatic nitrogens is 4. The van der Waals surface area contributed by atoms with Crippen LogP contribution >= 0.6 is 11.3 Å². The third kappa shape index (κ3) is 3.56. The third-order valence-electron chi connectivity index (χ3n) is 6.55. The minimum atomic E-state index is -1.34. The quantitative estimate of drug-likeness (QED) is 0.444. The highest BCUT2D eigenvalue weighted by Crippen LogP contribution is 2.42. The Labute approximate surface area is 208 Å². The van der Waals surface area contributed by atoms with Gasteiger partial charge >= 0.3 is 5.97 Å². The molecule has 10 nitrogen and oxygen atoms in total. The minimum Gasteiger partial charge on any atom is -0.487 e. The molecule has 0 saturated carbocycles. The fraction of sp³-hybridized carbons (Fsp3) is 0.292. The van der Waals surface area contributed by atoms with Gasteiger partial charge in [-0.3, -0.25) is 4.79 Å². The van der Waals surface area contributed by atoms with Gasteiger partial charge in [-0.1, -0.05) is 0 Å². The Morgan fingerprint density at radius 1 is 1.19 bits per heavy atom. The second-order valence-electron chi connectivity index (χ2n) is 8.73. The molecular formula is C24H21FN6O4S. The molecule has 12 heteroatoms. The number of pyridine rings is 1. The van der Waals surface area contributed by atoms with Crippen LogP contribution in [0.25, 0.3) is 21.6 Å². The Kier molecular flexibility index (Phi) is 5.32. The van der Waals surface area contributed by atoms with Gasteiger partial charge in [0.05, 0.1) is 16.9 Å². The average molecular weight is 509 g/mol. The molecule has 1 N–H and O–H groups in total. The van der Waals surface area contributed by atoms with Gasteiger partial charge in [-0.05, 0) is 19.1 Å². The second kappa shape index (κ2) is 8.55. The molecule has 2 aliphatic heterocycles. The maximum Gasteiger partial charge on any atom is 0.341 e. The first-order valence-corrected chi connectivity index (χ1v) is 12.3. The van der Waals surface area contributed by atoms with E-state index in [-0.39, 0.29) is 35.0 Å². The Hall–Kier alpha value is -4.06. The van der Waals surface area contributed by atoms with Crippen LogP contribution in [0, 0.1) is 5.82 Å². The van der Waals surface area contributed by atoms with Gasteiger partial charge in [-0.2, -0.15) is 0 Å². The molecule has 5 heterocycles. The highest BCUT2D eigenvalue weighted by atomic mass is 32.1. The number of benzene rings is 1. The lowest BCUT2D eigenvalue weighted by Crippen LogP contribution is -2.47. The first kappa shape index (κ1) is 22.4. The zero-order valence-electron chi connectivity index (χ0n) is 19.2. The van der Waals surface area contributed by atoms with Gasteiger partial charge in [0.2, 0.25) is 11.4 Å². The van der Waals surface area contributed by atoms with Crippen molar-refractivity contribution >= 4 is 39.8 Å². The maximum atomic E-state index is 15.5. The summed E-state index contributed by atoms with van der Waals surface area (Å²) in [5.41, 5.74) is 0.344. The highest BCUT2D eigenvalue weighted by molar-refractivity contribution is 7.13. The van der Waals surface area contributed by atoms with E-state index >= 15 is 4.39 Å². The number of hydrogen-bond donors (Lipinski definition) is 1. The number of rotatable bonds is 4. The predicted molar refractivity (Wildman–Crippen MR) is 133 cm³/mol. The van der Waals surface area contributed by atoms with Crippen LogP contribution in [0.5, 0.6) is 5.75 Å². The fourth-order valence-corrected chi connectivity index (χ4v) is 5.37. The number of nitrogens with zero attached hydrogens (tertiary/aromatic N) is 6. The topological polar surface area (TPSA) is 114 Å². The van der Waals surface area contributed by atoms with Gasteiger partial charge in [-0.15, -0.1) is 11.3 Å². The van der Waals surface area contributed by atoms with Crippen molar-refractivity contribution in [2.24, 2.45) is 0 Å². The average Bonchev–Trinajstić information content (AvgIpc) is 3.42. The van der Waals surface area contributed by atoms with Crippen LogP contribution in [0.15, 0.2) is 40.9 Å². The SMILES string of the molecule is CC1COc2c(N3CCN(c4nccc(-c5nccs5)n4)CC3)c(F)cc3c(=O)c(C(=O)O)cn1c23. The normalized spacial score (nSPS) is 17.3. The molecule has 4 aromatic rings. The van der Waals surface area contributed by atoms with Crippen LogP contribution in [-0.4, -0.2) is 63.4 Å². The first-order valence-electron chi connectivity index (χ1n) is 11.4. The van der Waals surface area contributed by atoms with Gasteiger partial charge < -0.3 is 24.2 Å². The van der Waals surface area contributed by atoms with E-state index in [1.165, 1.54) is 17.5 Å². The number of hydrogen-bond acceptors (Lipinski definition) is 9. The summed E-state index contributed by atoms with van der Waals surface area (Å²) in [4.78, 5) is 41.7. The monoisotopic (exact) mass is 508 g/mol. The van der Waals surface area contributed by atoms with Crippen molar-refractivity contribution in [1.82, 2.24) is 19.5 Å². The van der Waals surface area contributed by atoms with E-state index in [9.17, 15) is 14.7 Å². The second-order valence-corrected chi connectivity index (χ2v) is 9.62. The zero-order valence-corrected chi connectivity index (χ0v) is 20.0. The molecule has 3 aromatic heterocycles. The minimum absolute atomic E-state index is 0.00346. The van der Waals surface area contributed by atoms with Crippen molar-refractivity contribution in [1.29, 1.82) is 0 Å². The largest absolute Gasteiger partial charge is 0.487 e. The summed E-state index contributed by atoms with van der Waals surface area (Å²) in [7, 11) is 0. The molecule has 1 fully saturated rings. The van der Waals surface area contributed by atoms with Crippen molar-refractivity contribution in [3.8, 4) is 16.5 Å². The molecule has 0 aliphatic carbocycles. The number of thiazole rings is 1. The lowest BCUT2D eigenvalue weighted by molar-refractivity contribution is 0.0694. The summed E-state index contributed by atoms with van der Waals surface area (Å²) in [6.45, 7) is 4.17. The Balaban J connectivity index is 1.34. The molecule has 0 bridgehead atoms. The molecule has 1 atom stereocenters. The van der Waals surface area contributed by atoms with Gasteiger partial charge in [-0.25, -0.2) is 24.1 Å². The Morgan fingerprint density at radius 2 is 1.97 bits per heavy atom. The highest BCUT2D eigenvalue weighted by Gasteiger charge is 2.31. The lowest BCUT2D eigenvalue weighted by Gasteiger charge is -2.38. The maximum absolute atomic E-state index is 15.5. The Morgan fingerprint density at radius 3 is 2.69 bits per heavy atom. The third-order valence-corrected chi connectivity index (χ3v) is 7.34. The number of carbonyl (C=O) groups is 1. The van der Waals surface area contributed by atoms with Crippen LogP contribution in [0.4, 0.5) is 16.0 Å². The summed E-state index contributed by atoms with van der Waals surface area (Å²) < 4.78 is 23.2. The van der Waals surface area contributed by atoms with Crippen LogP contribution < -0.4 is 20.0 Å². The number of anilines is 2. The van der Waals surface area contributed by atoms with Crippen molar-refractivity contribution in [2.45, 2.75) is 13.0 Å². The molecule has 184 valence electrons. The number of ether oxygens (including phenoxy) is 1. The van der Waals surface area contributed by atoms with E-state index in [2.05, 4.69) is 15.0 Å². The molecule has 0 spiro atoms. The predicted octanol–water partition coefficient (Wildman–Crippen LogP) is 3.03. The van der Waals surface area contributed by atoms with E-state index in [1.807, 2.05) is 28.2 Å². The van der Waals surface area contributed by atoms with Gasteiger partial charge in [0.25, 0.3) is 0 Å². The zero-order chi connectivity index (χ0) is 25.0.